The molecule has 0 spiro atoms. The Morgan fingerprint density at radius 2 is 1.97 bits per heavy atom. The van der Waals surface area contributed by atoms with Gasteiger partial charge in [0.2, 0.25) is 11.8 Å². The largest absolute Gasteiger partial charge is 0.491 e. The highest BCUT2D eigenvalue weighted by Crippen LogP contribution is 2.36. The summed E-state index contributed by atoms with van der Waals surface area (Å²) in [5.74, 6) is 0.338. The van der Waals surface area contributed by atoms with Gasteiger partial charge in [0.1, 0.15) is 11.6 Å². The zero-order valence-corrected chi connectivity index (χ0v) is 15.9. The Balaban J connectivity index is 1.57. The Kier molecular flexibility index (Phi) is 5.14. The van der Waals surface area contributed by atoms with Crippen molar-refractivity contribution in [3.63, 3.8) is 0 Å². The molecule has 0 saturated heterocycles. The number of pyridine rings is 1. The van der Waals surface area contributed by atoms with Gasteiger partial charge in [0.25, 0.3) is 0 Å². The van der Waals surface area contributed by atoms with Gasteiger partial charge in [-0.25, -0.2) is 4.98 Å². The van der Waals surface area contributed by atoms with Gasteiger partial charge < -0.3 is 15.2 Å². The van der Waals surface area contributed by atoms with Crippen molar-refractivity contribution in [2.24, 2.45) is 5.73 Å². The minimum atomic E-state index is -0.467. The number of hydrogen-bond acceptors (Lipinski definition) is 6. The van der Waals surface area contributed by atoms with E-state index in [-0.39, 0.29) is 29.5 Å². The van der Waals surface area contributed by atoms with Crippen LogP contribution in [0, 0.1) is 11.3 Å². The van der Waals surface area contributed by atoms with Crippen LogP contribution in [0.15, 0.2) is 54.7 Å². The molecular formula is C23H17N3O4. The second-order valence-electron chi connectivity index (χ2n) is 6.79. The molecule has 0 bridgehead atoms. The number of nitrogens with two attached hydrogens (primary N) is 1. The Hall–Kier alpha value is -4.18. The molecule has 1 aliphatic rings. The fraction of sp³-hybridized carbons (Fsp3) is 0.130. The van der Waals surface area contributed by atoms with E-state index in [0.717, 1.165) is 11.1 Å². The normalized spacial score (nSPS) is 12.4. The van der Waals surface area contributed by atoms with E-state index in [1.165, 1.54) is 0 Å². The molecule has 0 fully saturated rings. The van der Waals surface area contributed by atoms with Gasteiger partial charge in [-0.15, -0.1) is 0 Å². The standard InChI is InChI=1S/C23H17N3O4/c24-13-18-20(6-5-17-19(27)8-10-29-22(17)18)30-21-12-15(7-9-26-21)11-14-1-3-16(4-2-14)23(25)28/h1-7,9,12H,8,10-11H2,(H2,25,28). The highest BCUT2D eigenvalue weighted by molar-refractivity contribution is 6.00. The van der Waals surface area contributed by atoms with Crippen LogP contribution in [-0.4, -0.2) is 23.3 Å². The second kappa shape index (κ2) is 8.05. The molecule has 7 heteroatoms. The molecule has 148 valence electrons. The van der Waals surface area contributed by atoms with Crippen molar-refractivity contribution in [2.75, 3.05) is 6.61 Å². The molecule has 1 aliphatic heterocycles. The first-order valence-electron chi connectivity index (χ1n) is 9.30. The van der Waals surface area contributed by atoms with Crippen LogP contribution >= 0.6 is 0 Å². The van der Waals surface area contributed by atoms with Gasteiger partial charge in [-0.3, -0.25) is 9.59 Å². The summed E-state index contributed by atoms with van der Waals surface area (Å²) < 4.78 is 11.4. The number of carbonyl (C=O) groups is 2. The van der Waals surface area contributed by atoms with Gasteiger partial charge >= 0.3 is 0 Å². The highest BCUT2D eigenvalue weighted by atomic mass is 16.5. The summed E-state index contributed by atoms with van der Waals surface area (Å²) >= 11 is 0. The third-order valence-corrected chi connectivity index (χ3v) is 4.77. The summed E-state index contributed by atoms with van der Waals surface area (Å²) in [6.07, 6.45) is 2.51. The SMILES string of the molecule is N#Cc1c(Oc2cc(Cc3ccc(C(N)=O)cc3)ccn2)ccc2c1OCCC2=O. The van der Waals surface area contributed by atoms with E-state index in [0.29, 0.717) is 29.8 Å². The van der Waals surface area contributed by atoms with Crippen LogP contribution in [-0.2, 0) is 6.42 Å². The van der Waals surface area contributed by atoms with Crippen LogP contribution < -0.4 is 15.2 Å². The van der Waals surface area contributed by atoms with E-state index >= 15 is 0 Å². The first kappa shape index (κ1) is 19.2. The van der Waals surface area contributed by atoms with Gasteiger partial charge in [-0.05, 0) is 47.9 Å². The van der Waals surface area contributed by atoms with Crippen LogP contribution in [0.3, 0.4) is 0 Å². The van der Waals surface area contributed by atoms with Gasteiger partial charge in [-0.1, -0.05) is 12.1 Å². The van der Waals surface area contributed by atoms with Crippen LogP contribution in [0.4, 0.5) is 0 Å². The van der Waals surface area contributed by atoms with Crippen LogP contribution in [0.1, 0.15) is 43.8 Å². The Morgan fingerprint density at radius 3 is 2.70 bits per heavy atom. The van der Waals surface area contributed by atoms with E-state index < -0.39 is 5.91 Å². The molecule has 2 N–H and O–H groups in total. The number of carbonyl (C=O) groups excluding carboxylic acids is 2. The number of primary amides is 1. The van der Waals surface area contributed by atoms with Crippen LogP contribution in [0.5, 0.6) is 17.4 Å². The third-order valence-electron chi connectivity index (χ3n) is 4.77. The van der Waals surface area contributed by atoms with Gasteiger partial charge in [0, 0.05) is 24.2 Å². The number of fused-ring (bicyclic) bond motifs is 1. The quantitative estimate of drug-likeness (QED) is 0.703. The lowest BCUT2D eigenvalue weighted by Crippen LogP contribution is -2.16. The van der Waals surface area contributed by atoms with Gasteiger partial charge in [0.15, 0.2) is 17.3 Å². The number of Topliss-reactive ketones (excluding diaryl/α,β-unsaturated/α-hetero) is 1. The monoisotopic (exact) mass is 399 g/mol. The molecule has 4 rings (SSSR count). The van der Waals surface area contributed by atoms with E-state index in [4.69, 9.17) is 15.2 Å². The molecular weight excluding hydrogens is 382 g/mol. The van der Waals surface area contributed by atoms with Crippen LogP contribution in [0.25, 0.3) is 0 Å². The van der Waals surface area contributed by atoms with E-state index in [2.05, 4.69) is 11.1 Å². The average Bonchev–Trinajstić information content (AvgIpc) is 2.74. The molecule has 7 nitrogen and oxygen atoms in total. The number of benzene rings is 2. The van der Waals surface area contributed by atoms with E-state index in [1.807, 2.05) is 18.2 Å². The molecule has 0 unspecified atom stereocenters. The first-order valence-corrected chi connectivity index (χ1v) is 9.30. The number of nitriles is 1. The number of rotatable bonds is 5. The Labute approximate surface area is 172 Å². The molecule has 1 amide bonds. The predicted octanol–water partition coefficient (Wildman–Crippen LogP) is 3.40. The minimum absolute atomic E-state index is 0.0539. The number of nitrogens with zero attached hydrogens (tertiary/aromatic N) is 2. The topological polar surface area (TPSA) is 115 Å². The Bertz CT molecular complexity index is 1180. The molecule has 0 aliphatic carbocycles. The van der Waals surface area contributed by atoms with Crippen LogP contribution in [0.2, 0.25) is 0 Å². The molecule has 2 aromatic carbocycles. The summed E-state index contributed by atoms with van der Waals surface area (Å²) in [5.41, 5.74) is 8.23. The maximum Gasteiger partial charge on any atom is 0.248 e. The van der Waals surface area contributed by atoms with Crippen molar-refractivity contribution in [1.82, 2.24) is 4.98 Å². The third kappa shape index (κ3) is 3.84. The van der Waals surface area contributed by atoms with Crippen molar-refractivity contribution >= 4 is 11.7 Å². The molecule has 0 atom stereocenters. The maximum absolute atomic E-state index is 12.0. The van der Waals surface area contributed by atoms with Crippen molar-refractivity contribution < 1.29 is 19.1 Å². The van der Waals surface area contributed by atoms with E-state index in [1.54, 1.807) is 36.5 Å². The first-order chi connectivity index (χ1) is 14.5. The molecule has 0 radical (unpaired) electrons. The summed E-state index contributed by atoms with van der Waals surface area (Å²) in [6.45, 7) is 0.242. The maximum atomic E-state index is 12.0. The summed E-state index contributed by atoms with van der Waals surface area (Å²) in [5, 5.41) is 9.57. The second-order valence-corrected chi connectivity index (χ2v) is 6.79. The lowest BCUT2D eigenvalue weighted by atomic mass is 10.0. The van der Waals surface area contributed by atoms with E-state index in [9.17, 15) is 14.9 Å². The molecule has 3 aromatic rings. The van der Waals surface area contributed by atoms with Gasteiger partial charge in [-0.2, -0.15) is 5.26 Å². The molecule has 2 heterocycles. The highest BCUT2D eigenvalue weighted by Gasteiger charge is 2.24. The predicted molar refractivity (Wildman–Crippen MR) is 108 cm³/mol. The lowest BCUT2D eigenvalue weighted by molar-refractivity contribution is 0.0932. The zero-order chi connectivity index (χ0) is 21.1. The van der Waals surface area contributed by atoms with Gasteiger partial charge in [0.05, 0.1) is 12.2 Å². The number of ketones is 1. The number of amides is 1. The summed E-state index contributed by atoms with van der Waals surface area (Å²) in [7, 11) is 0. The minimum Gasteiger partial charge on any atom is -0.491 e. The average molecular weight is 399 g/mol. The van der Waals surface area contributed by atoms with Crippen molar-refractivity contribution in [2.45, 2.75) is 12.8 Å². The lowest BCUT2D eigenvalue weighted by Gasteiger charge is -2.19. The smallest absolute Gasteiger partial charge is 0.248 e. The zero-order valence-electron chi connectivity index (χ0n) is 15.9. The molecule has 1 aromatic heterocycles. The Morgan fingerprint density at radius 1 is 1.17 bits per heavy atom. The fourth-order valence-corrected chi connectivity index (χ4v) is 3.26. The summed E-state index contributed by atoms with van der Waals surface area (Å²) in [4.78, 5) is 27.4. The number of ether oxygens (including phenoxy) is 2. The fourth-order valence-electron chi connectivity index (χ4n) is 3.26. The molecule has 30 heavy (non-hydrogen) atoms. The molecule has 0 saturated carbocycles. The summed E-state index contributed by atoms with van der Waals surface area (Å²) in [6, 6.07) is 15.9. The van der Waals surface area contributed by atoms with Crippen molar-refractivity contribution in [3.05, 3.63) is 82.5 Å². The number of hydrogen-bond donors (Lipinski definition) is 1. The van der Waals surface area contributed by atoms with Crippen molar-refractivity contribution in [3.8, 4) is 23.4 Å². The number of aromatic nitrogens is 1. The van der Waals surface area contributed by atoms with Crippen molar-refractivity contribution in [1.29, 1.82) is 5.26 Å².